The average Bonchev–Trinajstić information content (AvgIpc) is 3.47. The van der Waals surface area contributed by atoms with Crippen LogP contribution in [0.25, 0.3) is 11.6 Å². The highest BCUT2D eigenvalue weighted by atomic mass is 19.4. The standard InChI is InChI=1S/C27H19F3N4O2/c28-27(29,30)17-5-1-4-16(12-17)25(35)33-20-7-2-6-19(13-20)32-21-9-10-24-22(15-21)23(26(36)34-24)14-18-8-3-11-31-18/h1-15,31-32H,(H,33,35)(H,34,36)/b23-14-. The molecule has 6 nitrogen and oxygen atoms in total. The Labute approximate surface area is 203 Å². The van der Waals surface area contributed by atoms with Crippen molar-refractivity contribution in [3.05, 3.63) is 107 Å². The fraction of sp³-hybridized carbons (Fsp3) is 0.0370. The second-order valence-electron chi connectivity index (χ2n) is 8.14. The van der Waals surface area contributed by atoms with Crippen molar-refractivity contribution in [2.75, 3.05) is 16.0 Å². The van der Waals surface area contributed by atoms with Crippen LogP contribution in [0.3, 0.4) is 0 Å². The molecular weight excluding hydrogens is 469 g/mol. The molecule has 1 aliphatic heterocycles. The monoisotopic (exact) mass is 488 g/mol. The number of nitrogens with one attached hydrogen (secondary N) is 4. The lowest BCUT2D eigenvalue weighted by Crippen LogP contribution is -2.14. The molecule has 9 heteroatoms. The third kappa shape index (κ3) is 4.85. The molecule has 180 valence electrons. The molecule has 0 atom stereocenters. The van der Waals surface area contributed by atoms with Gasteiger partial charge in [0.2, 0.25) is 0 Å². The normalized spacial score (nSPS) is 13.9. The number of fused-ring (bicyclic) bond motifs is 1. The first-order valence-electron chi connectivity index (χ1n) is 10.9. The van der Waals surface area contributed by atoms with E-state index < -0.39 is 17.6 Å². The Bertz CT molecular complexity index is 1490. The maximum Gasteiger partial charge on any atom is 0.416 e. The fourth-order valence-electron chi connectivity index (χ4n) is 3.88. The van der Waals surface area contributed by atoms with Crippen LogP contribution in [0, 0.1) is 0 Å². The number of benzene rings is 3. The van der Waals surface area contributed by atoms with Crippen molar-refractivity contribution in [3.63, 3.8) is 0 Å². The topological polar surface area (TPSA) is 86.0 Å². The van der Waals surface area contributed by atoms with Crippen LogP contribution < -0.4 is 16.0 Å². The van der Waals surface area contributed by atoms with Crippen molar-refractivity contribution in [1.29, 1.82) is 0 Å². The van der Waals surface area contributed by atoms with E-state index in [2.05, 4.69) is 20.9 Å². The van der Waals surface area contributed by atoms with E-state index in [1.54, 1.807) is 42.6 Å². The van der Waals surface area contributed by atoms with Crippen LogP contribution in [0.2, 0.25) is 0 Å². The van der Waals surface area contributed by atoms with Gasteiger partial charge in [0.1, 0.15) is 0 Å². The number of carbonyl (C=O) groups excluding carboxylic acids is 2. The number of H-pyrrole nitrogens is 1. The number of aromatic amines is 1. The summed E-state index contributed by atoms with van der Waals surface area (Å²) in [5.41, 5.74) is 3.55. The van der Waals surface area contributed by atoms with Gasteiger partial charge in [-0.1, -0.05) is 12.1 Å². The van der Waals surface area contributed by atoms with Crippen LogP contribution in [-0.2, 0) is 11.0 Å². The van der Waals surface area contributed by atoms with Crippen molar-refractivity contribution in [2.45, 2.75) is 6.18 Å². The predicted molar refractivity (Wildman–Crippen MR) is 133 cm³/mol. The maximum absolute atomic E-state index is 13.0. The summed E-state index contributed by atoms with van der Waals surface area (Å²) >= 11 is 0. The molecule has 1 aliphatic rings. The second kappa shape index (κ2) is 9.10. The molecule has 4 aromatic rings. The molecule has 0 spiro atoms. The van der Waals surface area contributed by atoms with Crippen LogP contribution >= 0.6 is 0 Å². The van der Waals surface area contributed by atoms with E-state index in [9.17, 15) is 22.8 Å². The van der Waals surface area contributed by atoms with Gasteiger partial charge in [0.15, 0.2) is 0 Å². The van der Waals surface area contributed by atoms with Crippen molar-refractivity contribution >= 4 is 46.2 Å². The molecule has 0 unspecified atom stereocenters. The van der Waals surface area contributed by atoms with Gasteiger partial charge in [-0.25, -0.2) is 0 Å². The minimum absolute atomic E-state index is 0.0969. The van der Waals surface area contributed by atoms with Crippen molar-refractivity contribution < 1.29 is 22.8 Å². The SMILES string of the molecule is O=C1Nc2ccc(Nc3cccc(NC(=O)c4cccc(C(F)(F)F)c4)c3)cc2/C1=C/c1ccc[nH]1. The van der Waals surface area contributed by atoms with E-state index in [0.717, 1.165) is 23.4 Å². The Morgan fingerprint density at radius 2 is 1.64 bits per heavy atom. The quantitative estimate of drug-likeness (QED) is 0.241. The molecule has 3 aromatic carbocycles. The summed E-state index contributed by atoms with van der Waals surface area (Å²) in [5.74, 6) is -0.851. The fourth-order valence-corrected chi connectivity index (χ4v) is 3.88. The summed E-state index contributed by atoms with van der Waals surface area (Å²) in [5, 5.41) is 8.71. The average molecular weight is 488 g/mol. The van der Waals surface area contributed by atoms with Gasteiger partial charge in [-0.05, 0) is 72.8 Å². The lowest BCUT2D eigenvalue weighted by atomic mass is 10.0. The van der Waals surface area contributed by atoms with E-state index in [1.165, 1.54) is 12.1 Å². The first-order chi connectivity index (χ1) is 17.3. The third-order valence-corrected chi connectivity index (χ3v) is 5.59. The number of aromatic nitrogens is 1. The van der Waals surface area contributed by atoms with Gasteiger partial charge in [-0.15, -0.1) is 0 Å². The highest BCUT2D eigenvalue weighted by molar-refractivity contribution is 6.35. The number of hydrogen-bond donors (Lipinski definition) is 4. The van der Waals surface area contributed by atoms with Gasteiger partial charge in [0, 0.05) is 45.8 Å². The molecule has 4 N–H and O–H groups in total. The summed E-state index contributed by atoms with van der Waals surface area (Å²) in [6.45, 7) is 0. The molecule has 1 aromatic heterocycles. The zero-order valence-electron chi connectivity index (χ0n) is 18.6. The summed E-state index contributed by atoms with van der Waals surface area (Å²) in [4.78, 5) is 28.0. The van der Waals surface area contributed by atoms with Crippen LogP contribution in [0.15, 0.2) is 85.1 Å². The zero-order valence-corrected chi connectivity index (χ0v) is 18.6. The van der Waals surface area contributed by atoms with Crippen molar-refractivity contribution in [2.24, 2.45) is 0 Å². The number of rotatable bonds is 5. The third-order valence-electron chi connectivity index (χ3n) is 5.59. The van der Waals surface area contributed by atoms with Gasteiger partial charge in [-0.3, -0.25) is 9.59 Å². The Balaban J connectivity index is 1.34. The number of alkyl halides is 3. The lowest BCUT2D eigenvalue weighted by Gasteiger charge is -2.12. The van der Waals surface area contributed by atoms with E-state index >= 15 is 0 Å². The minimum atomic E-state index is -4.54. The first kappa shape index (κ1) is 23.0. The Morgan fingerprint density at radius 1 is 0.861 bits per heavy atom. The van der Waals surface area contributed by atoms with Crippen molar-refractivity contribution in [1.82, 2.24) is 4.98 Å². The van der Waals surface area contributed by atoms with E-state index in [-0.39, 0.29) is 11.5 Å². The zero-order chi connectivity index (χ0) is 25.3. The largest absolute Gasteiger partial charge is 0.416 e. The van der Waals surface area contributed by atoms with Crippen LogP contribution in [0.4, 0.5) is 35.9 Å². The molecule has 0 radical (unpaired) electrons. The highest BCUT2D eigenvalue weighted by Gasteiger charge is 2.31. The van der Waals surface area contributed by atoms with E-state index in [4.69, 9.17) is 0 Å². The van der Waals surface area contributed by atoms with Gasteiger partial charge >= 0.3 is 6.18 Å². The second-order valence-corrected chi connectivity index (χ2v) is 8.14. The number of halogens is 3. The van der Waals surface area contributed by atoms with E-state index in [0.29, 0.717) is 28.3 Å². The molecule has 36 heavy (non-hydrogen) atoms. The van der Waals surface area contributed by atoms with Gasteiger partial charge in [-0.2, -0.15) is 13.2 Å². The molecule has 0 saturated carbocycles. The number of amides is 2. The number of anilines is 4. The summed E-state index contributed by atoms with van der Waals surface area (Å²) in [6.07, 6.45) is -0.988. The molecule has 0 saturated heterocycles. The van der Waals surface area contributed by atoms with Gasteiger partial charge in [0.05, 0.1) is 11.1 Å². The van der Waals surface area contributed by atoms with Gasteiger partial charge in [0.25, 0.3) is 11.8 Å². The highest BCUT2D eigenvalue weighted by Crippen LogP contribution is 2.36. The smallest absolute Gasteiger partial charge is 0.362 e. The van der Waals surface area contributed by atoms with Crippen molar-refractivity contribution in [3.8, 4) is 0 Å². The first-order valence-corrected chi connectivity index (χ1v) is 10.9. The Hall–Kier alpha value is -4.79. The molecule has 2 heterocycles. The lowest BCUT2D eigenvalue weighted by molar-refractivity contribution is -0.137. The molecule has 0 bridgehead atoms. The summed E-state index contributed by atoms with van der Waals surface area (Å²) in [7, 11) is 0. The predicted octanol–water partition coefficient (Wildman–Crippen LogP) is 6.52. The van der Waals surface area contributed by atoms with E-state index in [1.807, 2.05) is 24.3 Å². The molecular formula is C27H19F3N4O2. The maximum atomic E-state index is 13.0. The summed E-state index contributed by atoms with van der Waals surface area (Å²) in [6, 6.07) is 20.2. The number of carbonyl (C=O) groups is 2. The summed E-state index contributed by atoms with van der Waals surface area (Å²) < 4.78 is 38.9. The molecule has 5 rings (SSSR count). The number of hydrogen-bond acceptors (Lipinski definition) is 3. The van der Waals surface area contributed by atoms with Gasteiger partial charge < -0.3 is 20.9 Å². The molecule has 2 amide bonds. The molecule has 0 fully saturated rings. The Kier molecular flexibility index (Phi) is 5.81. The van der Waals surface area contributed by atoms with Crippen LogP contribution in [0.5, 0.6) is 0 Å². The Morgan fingerprint density at radius 3 is 2.42 bits per heavy atom. The molecule has 0 aliphatic carbocycles. The minimum Gasteiger partial charge on any atom is -0.362 e. The van der Waals surface area contributed by atoms with Crippen LogP contribution in [-0.4, -0.2) is 16.8 Å². The van der Waals surface area contributed by atoms with Crippen LogP contribution in [0.1, 0.15) is 27.2 Å².